The molecule has 0 aromatic heterocycles. The van der Waals surface area contributed by atoms with E-state index in [2.05, 4.69) is 114 Å². The molecule has 1 fully saturated rings. The van der Waals surface area contributed by atoms with Crippen LogP contribution in [0, 0.1) is 19.8 Å². The van der Waals surface area contributed by atoms with Crippen molar-refractivity contribution in [3.8, 4) is 0 Å². The van der Waals surface area contributed by atoms with Gasteiger partial charge in [-0.2, -0.15) is 0 Å². The summed E-state index contributed by atoms with van der Waals surface area (Å²) in [7, 11) is 0. The highest BCUT2D eigenvalue weighted by Gasteiger charge is 2.10. The van der Waals surface area contributed by atoms with E-state index in [9.17, 15) is 0 Å². The lowest BCUT2D eigenvalue weighted by molar-refractivity contribution is 0.654. The minimum atomic E-state index is 0.812. The summed E-state index contributed by atoms with van der Waals surface area (Å²) in [6.07, 6.45) is 7.15. The van der Waals surface area contributed by atoms with Crippen molar-refractivity contribution in [3.63, 3.8) is 0 Å². The molecule has 0 spiro atoms. The molecule has 0 saturated carbocycles. The number of aryl methyl sites for hydroxylation is 3. The van der Waals surface area contributed by atoms with Gasteiger partial charge < -0.3 is 10.6 Å². The Morgan fingerprint density at radius 1 is 1.09 bits per heavy atom. The number of nitrogens with one attached hydrogen (secondary N) is 2. The van der Waals surface area contributed by atoms with E-state index in [4.69, 9.17) is 0 Å². The molecule has 0 aliphatic carbocycles. The zero-order chi connectivity index (χ0) is 25.9. The van der Waals surface area contributed by atoms with Crippen LogP contribution >= 0.6 is 0 Å². The average molecular weight is 461 g/mol. The zero-order valence-corrected chi connectivity index (χ0v) is 22.8. The first-order chi connectivity index (χ1) is 16.2. The van der Waals surface area contributed by atoms with E-state index in [1.807, 2.05) is 19.9 Å². The smallest absolute Gasteiger partial charge is 0.0309 e. The van der Waals surface area contributed by atoms with Crippen LogP contribution < -0.4 is 10.6 Å². The Labute approximate surface area is 210 Å². The second-order valence-electron chi connectivity index (χ2n) is 8.60. The van der Waals surface area contributed by atoms with Crippen LogP contribution in [0.25, 0.3) is 5.57 Å². The van der Waals surface area contributed by atoms with E-state index in [-0.39, 0.29) is 0 Å². The molecule has 186 valence electrons. The van der Waals surface area contributed by atoms with Gasteiger partial charge >= 0.3 is 0 Å². The minimum absolute atomic E-state index is 0.812. The van der Waals surface area contributed by atoms with Crippen LogP contribution in [0.2, 0.25) is 0 Å². The third kappa shape index (κ3) is 14.2. The van der Waals surface area contributed by atoms with Crippen molar-refractivity contribution in [2.75, 3.05) is 6.54 Å². The Hall–Kier alpha value is -3.00. The first kappa shape index (κ1) is 31.0. The van der Waals surface area contributed by atoms with Gasteiger partial charge in [0, 0.05) is 17.9 Å². The highest BCUT2D eigenvalue weighted by molar-refractivity contribution is 5.66. The number of hydrogen-bond acceptors (Lipinski definition) is 2. The van der Waals surface area contributed by atoms with E-state index in [1.165, 1.54) is 46.4 Å². The normalized spacial score (nSPS) is 14.1. The molecule has 34 heavy (non-hydrogen) atoms. The quantitative estimate of drug-likeness (QED) is 0.421. The van der Waals surface area contributed by atoms with Crippen molar-refractivity contribution in [2.45, 2.75) is 67.7 Å². The molecular formula is C32H48N2. The van der Waals surface area contributed by atoms with Crippen molar-refractivity contribution in [2.24, 2.45) is 5.92 Å². The second kappa shape index (κ2) is 18.4. The molecule has 2 heteroatoms. The monoisotopic (exact) mass is 460 g/mol. The summed E-state index contributed by atoms with van der Waals surface area (Å²) in [5.74, 6) is 0.812. The van der Waals surface area contributed by atoms with Crippen LogP contribution in [0.15, 0.2) is 91.9 Å². The maximum Gasteiger partial charge on any atom is 0.0309 e. The van der Waals surface area contributed by atoms with Gasteiger partial charge in [0.25, 0.3) is 0 Å². The Bertz CT molecular complexity index is 866. The molecule has 2 N–H and O–H groups in total. The van der Waals surface area contributed by atoms with Crippen molar-refractivity contribution in [1.82, 2.24) is 10.6 Å². The van der Waals surface area contributed by atoms with Crippen molar-refractivity contribution >= 4 is 5.57 Å². The highest BCUT2D eigenvalue weighted by atomic mass is 14.9. The molecule has 2 aromatic carbocycles. The third-order valence-electron chi connectivity index (χ3n) is 5.11. The fourth-order valence-electron chi connectivity index (χ4n) is 3.30. The summed E-state index contributed by atoms with van der Waals surface area (Å²) in [6, 6.07) is 17.1. The maximum absolute atomic E-state index is 3.91. The Balaban J connectivity index is 0.000000527. The summed E-state index contributed by atoms with van der Waals surface area (Å²) in [5, 5.41) is 6.15. The van der Waals surface area contributed by atoms with E-state index in [0.717, 1.165) is 24.6 Å². The van der Waals surface area contributed by atoms with Crippen LogP contribution in [0.1, 0.15) is 69.7 Å². The molecule has 2 aromatic rings. The molecule has 1 aliphatic heterocycles. The third-order valence-corrected chi connectivity index (χ3v) is 5.11. The molecule has 2 nitrogen and oxygen atoms in total. The van der Waals surface area contributed by atoms with E-state index in [1.54, 1.807) is 6.20 Å². The molecule has 0 bridgehead atoms. The van der Waals surface area contributed by atoms with Crippen molar-refractivity contribution < 1.29 is 0 Å². The minimum Gasteiger partial charge on any atom is -0.389 e. The van der Waals surface area contributed by atoms with E-state index < -0.39 is 0 Å². The number of hydrogen-bond donors (Lipinski definition) is 2. The summed E-state index contributed by atoms with van der Waals surface area (Å²) >= 11 is 0. The molecule has 0 amide bonds. The molecule has 1 saturated heterocycles. The predicted molar refractivity (Wildman–Crippen MR) is 155 cm³/mol. The summed E-state index contributed by atoms with van der Waals surface area (Å²) in [4.78, 5) is 0. The predicted octanol–water partition coefficient (Wildman–Crippen LogP) is 8.75. The lowest BCUT2D eigenvalue weighted by atomic mass is 10.0. The molecule has 0 radical (unpaired) electrons. The lowest BCUT2D eigenvalue weighted by Gasteiger charge is -2.06. The van der Waals surface area contributed by atoms with Crippen LogP contribution in [0.4, 0.5) is 0 Å². The number of rotatable bonds is 6. The fraction of sp³-hybridized carbons (Fsp3) is 0.375. The first-order valence-corrected chi connectivity index (χ1v) is 12.5. The average Bonchev–Trinajstić information content (AvgIpc) is 3.21. The van der Waals surface area contributed by atoms with Gasteiger partial charge in [-0.15, -0.1) is 0 Å². The van der Waals surface area contributed by atoms with Gasteiger partial charge in [0.05, 0.1) is 0 Å². The standard InChI is InChI=1S/C16H21N.C8H10.C6H11N.C2H6/c1-5-8-15-9-7-10-16(12-15)13(3)11-14(4)17-6-2;1-7-3-5-8(2)6-4-7;1-5-3-6(2)7-4-5;1-2/h6-7,9-12,17H,2,4-5,8H2,1,3H3;3-6H,1-2H3;5,7H,2-4H2,1H3;1-2H3/b13-11+;;;. The van der Waals surface area contributed by atoms with Gasteiger partial charge in [-0.05, 0) is 68.5 Å². The van der Waals surface area contributed by atoms with Crippen molar-refractivity contribution in [3.05, 3.63) is 114 Å². The summed E-state index contributed by atoms with van der Waals surface area (Å²) in [6.45, 7) is 27.2. The van der Waals surface area contributed by atoms with Gasteiger partial charge in [-0.3, -0.25) is 0 Å². The zero-order valence-electron chi connectivity index (χ0n) is 22.8. The van der Waals surface area contributed by atoms with Gasteiger partial charge in [0.2, 0.25) is 0 Å². The largest absolute Gasteiger partial charge is 0.389 e. The van der Waals surface area contributed by atoms with Crippen LogP contribution in [0.3, 0.4) is 0 Å². The SMILES string of the molecule is C=C1CC(C)CN1.C=CNC(=C)/C=C(\C)c1cccc(CCC)c1.CC.Cc1ccc(C)cc1. The molecule has 1 unspecified atom stereocenters. The van der Waals surface area contributed by atoms with E-state index >= 15 is 0 Å². The Morgan fingerprint density at radius 2 is 1.68 bits per heavy atom. The molecule has 1 heterocycles. The van der Waals surface area contributed by atoms with Crippen molar-refractivity contribution in [1.29, 1.82) is 0 Å². The van der Waals surface area contributed by atoms with Gasteiger partial charge in [-0.1, -0.05) is 114 Å². The topological polar surface area (TPSA) is 24.1 Å². The highest BCUT2D eigenvalue weighted by Crippen LogP contribution is 2.17. The van der Waals surface area contributed by atoms with Crippen LogP contribution in [-0.2, 0) is 6.42 Å². The van der Waals surface area contributed by atoms with Gasteiger partial charge in [0.15, 0.2) is 0 Å². The number of benzene rings is 2. The fourth-order valence-corrected chi connectivity index (χ4v) is 3.30. The van der Waals surface area contributed by atoms with Gasteiger partial charge in [-0.25, -0.2) is 0 Å². The molecular weight excluding hydrogens is 412 g/mol. The van der Waals surface area contributed by atoms with Crippen LogP contribution in [0.5, 0.6) is 0 Å². The van der Waals surface area contributed by atoms with E-state index in [0.29, 0.717) is 0 Å². The molecule has 1 aliphatic rings. The Kier molecular flexibility index (Phi) is 16.8. The molecule has 3 rings (SSSR count). The lowest BCUT2D eigenvalue weighted by Crippen LogP contribution is -2.04. The number of allylic oxidation sites excluding steroid dienone is 3. The second-order valence-corrected chi connectivity index (χ2v) is 8.60. The summed E-state index contributed by atoms with van der Waals surface area (Å²) < 4.78 is 0. The summed E-state index contributed by atoms with van der Waals surface area (Å²) in [5.41, 5.74) is 8.57. The van der Waals surface area contributed by atoms with Gasteiger partial charge in [0.1, 0.15) is 0 Å². The van der Waals surface area contributed by atoms with Crippen LogP contribution in [-0.4, -0.2) is 6.54 Å². The Morgan fingerprint density at radius 3 is 2.09 bits per heavy atom. The maximum atomic E-state index is 3.91. The first-order valence-electron chi connectivity index (χ1n) is 12.5. The molecule has 1 atom stereocenters.